The highest BCUT2D eigenvalue weighted by Gasteiger charge is 2.25. The average Bonchev–Trinajstić information content (AvgIpc) is 3.62. The van der Waals surface area contributed by atoms with Gasteiger partial charge in [-0.05, 0) is 36.4 Å². The number of carboxylic acids is 1. The number of methoxy groups -OCH3 is 1. The molecule has 0 bridgehead atoms. The molecule has 0 amide bonds. The molecule has 41 heavy (non-hydrogen) atoms. The number of anilines is 1. The van der Waals surface area contributed by atoms with E-state index in [1.807, 2.05) is 27.6 Å². The summed E-state index contributed by atoms with van der Waals surface area (Å²) in [4.78, 5) is 23.0. The number of carbonyl (C=O) groups is 1. The van der Waals surface area contributed by atoms with E-state index in [0.717, 1.165) is 33.9 Å². The van der Waals surface area contributed by atoms with Gasteiger partial charge in [0, 0.05) is 48.6 Å². The minimum absolute atomic E-state index is 0.0407. The molecule has 0 radical (unpaired) electrons. The number of rotatable bonds is 10. The van der Waals surface area contributed by atoms with Gasteiger partial charge in [0.1, 0.15) is 24.1 Å². The van der Waals surface area contributed by atoms with Gasteiger partial charge in [-0.2, -0.15) is 10.1 Å². The minimum atomic E-state index is -0.983. The van der Waals surface area contributed by atoms with Gasteiger partial charge >= 0.3 is 5.97 Å². The van der Waals surface area contributed by atoms with Crippen LogP contribution in [0.2, 0.25) is 5.02 Å². The lowest BCUT2D eigenvalue weighted by atomic mass is 10.2. The van der Waals surface area contributed by atoms with E-state index < -0.39 is 11.8 Å². The Morgan fingerprint density at radius 2 is 2.00 bits per heavy atom. The van der Waals surface area contributed by atoms with Crippen molar-refractivity contribution in [1.82, 2.24) is 24.3 Å². The van der Waals surface area contributed by atoms with Crippen LogP contribution in [0, 0.1) is 5.82 Å². The topological polar surface area (TPSA) is 108 Å². The van der Waals surface area contributed by atoms with Gasteiger partial charge in [-0.25, -0.2) is 14.2 Å². The molecule has 0 saturated heterocycles. The molecule has 0 fully saturated rings. The Labute approximate surface area is 239 Å². The second-order valence-corrected chi connectivity index (χ2v) is 10.1. The highest BCUT2D eigenvalue weighted by molar-refractivity contribution is 6.30. The fraction of sp³-hybridized carbons (Fsp3) is 0.241. The molecule has 2 aromatic carbocycles. The maximum Gasteiger partial charge on any atom is 0.335 e. The molecular weight excluding hydrogens is 551 g/mol. The minimum Gasteiger partial charge on any atom is -0.478 e. The second kappa shape index (κ2) is 11.2. The number of nitrogens with zero attached hydrogens (tertiary/aromatic N) is 6. The Kier molecular flexibility index (Phi) is 7.29. The molecule has 1 aliphatic heterocycles. The molecule has 10 nitrogen and oxygen atoms in total. The van der Waals surface area contributed by atoms with Gasteiger partial charge in [-0.15, -0.1) is 0 Å². The zero-order chi connectivity index (χ0) is 28.5. The third-order valence-electron chi connectivity index (χ3n) is 6.95. The molecule has 12 heteroatoms. The van der Waals surface area contributed by atoms with Gasteiger partial charge in [0.15, 0.2) is 0 Å². The highest BCUT2D eigenvalue weighted by Crippen LogP contribution is 2.28. The molecule has 1 N–H and O–H groups in total. The number of carboxylic acid groups (broad SMARTS) is 1. The second-order valence-electron chi connectivity index (χ2n) is 9.69. The van der Waals surface area contributed by atoms with E-state index in [4.69, 9.17) is 31.2 Å². The van der Waals surface area contributed by atoms with E-state index in [1.54, 1.807) is 43.5 Å². The average molecular weight is 577 g/mol. The SMILES string of the molecule is COCCn1c(Cn2cc3c(n2)CN(c2cccc(OCc4ccc(Cl)cc4F)n2)C3)nc2ccc(C(=O)O)cc21. The molecule has 0 unspecified atom stereocenters. The zero-order valence-corrected chi connectivity index (χ0v) is 22.9. The molecule has 6 rings (SSSR count). The normalized spacial score (nSPS) is 12.7. The van der Waals surface area contributed by atoms with Gasteiger partial charge < -0.3 is 24.0 Å². The Bertz CT molecular complexity index is 1730. The molecule has 4 heterocycles. The Balaban J connectivity index is 1.16. The lowest BCUT2D eigenvalue weighted by Gasteiger charge is -2.17. The number of hydrogen-bond acceptors (Lipinski definition) is 7. The first kappa shape index (κ1) is 26.7. The molecule has 0 atom stereocenters. The lowest BCUT2D eigenvalue weighted by Crippen LogP contribution is -2.18. The van der Waals surface area contributed by atoms with Crippen molar-refractivity contribution in [3.05, 3.63) is 99.8 Å². The Morgan fingerprint density at radius 3 is 2.78 bits per heavy atom. The molecule has 0 saturated carbocycles. The van der Waals surface area contributed by atoms with Crippen LogP contribution in [0.25, 0.3) is 11.0 Å². The number of ether oxygens (including phenoxy) is 2. The maximum atomic E-state index is 14.1. The number of aromatic nitrogens is 5. The molecule has 3 aromatic heterocycles. The number of pyridine rings is 1. The molecule has 1 aliphatic rings. The molecule has 0 aliphatic carbocycles. The van der Waals surface area contributed by atoms with Crippen molar-refractivity contribution < 1.29 is 23.8 Å². The summed E-state index contributed by atoms with van der Waals surface area (Å²) in [5.41, 5.74) is 4.09. The van der Waals surface area contributed by atoms with Crippen LogP contribution in [0.5, 0.6) is 5.88 Å². The summed E-state index contributed by atoms with van der Waals surface area (Å²) >= 11 is 5.83. The van der Waals surface area contributed by atoms with Crippen LogP contribution < -0.4 is 9.64 Å². The third-order valence-corrected chi connectivity index (χ3v) is 7.18. The monoisotopic (exact) mass is 576 g/mol. The van der Waals surface area contributed by atoms with Crippen molar-refractivity contribution in [2.75, 3.05) is 18.6 Å². The number of halogens is 2. The van der Waals surface area contributed by atoms with Gasteiger partial charge in [0.05, 0.1) is 42.0 Å². The quantitative estimate of drug-likeness (QED) is 0.250. The number of benzene rings is 2. The van der Waals surface area contributed by atoms with E-state index in [2.05, 4.69) is 9.88 Å². The third kappa shape index (κ3) is 5.59. The summed E-state index contributed by atoms with van der Waals surface area (Å²) in [6, 6.07) is 14.9. The van der Waals surface area contributed by atoms with Crippen LogP contribution in [-0.4, -0.2) is 49.1 Å². The molecule has 0 spiro atoms. The Morgan fingerprint density at radius 1 is 1.12 bits per heavy atom. The zero-order valence-electron chi connectivity index (χ0n) is 22.1. The number of hydrogen-bond donors (Lipinski definition) is 1. The summed E-state index contributed by atoms with van der Waals surface area (Å²) < 4.78 is 29.0. The fourth-order valence-electron chi connectivity index (χ4n) is 4.91. The van der Waals surface area contributed by atoms with Crippen LogP contribution in [0.3, 0.4) is 0 Å². The van der Waals surface area contributed by atoms with Crippen molar-refractivity contribution in [2.24, 2.45) is 0 Å². The van der Waals surface area contributed by atoms with Gasteiger partial charge in [0.25, 0.3) is 0 Å². The van der Waals surface area contributed by atoms with Crippen LogP contribution in [-0.2, 0) is 37.5 Å². The van der Waals surface area contributed by atoms with Crippen LogP contribution in [0.4, 0.5) is 10.2 Å². The van der Waals surface area contributed by atoms with Crippen molar-refractivity contribution in [2.45, 2.75) is 32.8 Å². The highest BCUT2D eigenvalue weighted by atomic mass is 35.5. The molecule has 210 valence electrons. The van der Waals surface area contributed by atoms with E-state index >= 15 is 0 Å². The first-order valence-electron chi connectivity index (χ1n) is 12.9. The van der Waals surface area contributed by atoms with E-state index in [9.17, 15) is 14.3 Å². The van der Waals surface area contributed by atoms with Crippen molar-refractivity contribution >= 4 is 34.4 Å². The predicted octanol–water partition coefficient (Wildman–Crippen LogP) is 4.91. The van der Waals surface area contributed by atoms with E-state index in [0.29, 0.717) is 49.3 Å². The van der Waals surface area contributed by atoms with E-state index in [-0.39, 0.29) is 12.2 Å². The Hall–Kier alpha value is -4.48. The van der Waals surface area contributed by atoms with Crippen molar-refractivity contribution in [3.8, 4) is 5.88 Å². The summed E-state index contributed by atoms with van der Waals surface area (Å²) in [6.45, 7) is 2.67. The summed E-state index contributed by atoms with van der Waals surface area (Å²) in [5, 5.41) is 14.6. The number of imidazole rings is 1. The van der Waals surface area contributed by atoms with Gasteiger partial charge in [-0.1, -0.05) is 23.7 Å². The molecular formula is C29H26ClFN6O4. The predicted molar refractivity (Wildman–Crippen MR) is 150 cm³/mol. The first-order chi connectivity index (χ1) is 19.9. The van der Waals surface area contributed by atoms with Crippen LogP contribution >= 0.6 is 11.6 Å². The number of aromatic carboxylic acids is 1. The van der Waals surface area contributed by atoms with Crippen LogP contribution in [0.15, 0.2) is 60.8 Å². The van der Waals surface area contributed by atoms with E-state index in [1.165, 1.54) is 6.07 Å². The van der Waals surface area contributed by atoms with Crippen LogP contribution in [0.1, 0.15) is 33.0 Å². The van der Waals surface area contributed by atoms with Crippen molar-refractivity contribution in [3.63, 3.8) is 0 Å². The standard InChI is InChI=1S/C29H26ClFN6O4/c1-40-10-9-37-25-11-18(29(38)39)6-8-23(25)32-27(37)16-36-14-20-13-35(15-24(20)34-36)26-3-2-4-28(33-26)41-17-19-5-7-21(30)12-22(19)31/h2-8,11-12,14H,9-10,13,15-17H2,1H3,(H,38,39). The summed E-state index contributed by atoms with van der Waals surface area (Å²) in [6.07, 6.45) is 2.00. The number of fused-ring (bicyclic) bond motifs is 2. The smallest absolute Gasteiger partial charge is 0.335 e. The van der Waals surface area contributed by atoms with Crippen molar-refractivity contribution in [1.29, 1.82) is 0 Å². The summed E-state index contributed by atoms with van der Waals surface area (Å²) in [7, 11) is 1.63. The van der Waals surface area contributed by atoms with Gasteiger partial charge in [0.2, 0.25) is 5.88 Å². The first-order valence-corrected chi connectivity index (χ1v) is 13.3. The lowest BCUT2D eigenvalue weighted by molar-refractivity contribution is 0.0697. The molecule has 5 aromatic rings. The van der Waals surface area contributed by atoms with Gasteiger partial charge in [-0.3, -0.25) is 4.68 Å². The summed E-state index contributed by atoms with van der Waals surface area (Å²) in [5.74, 6) is 0.491. The fourth-order valence-corrected chi connectivity index (χ4v) is 5.07. The maximum absolute atomic E-state index is 14.1. The largest absolute Gasteiger partial charge is 0.478 e.